The van der Waals surface area contributed by atoms with Gasteiger partial charge in [-0.1, -0.05) is 29.4 Å². The van der Waals surface area contributed by atoms with E-state index in [9.17, 15) is 0 Å². The van der Waals surface area contributed by atoms with Crippen LogP contribution in [0, 0.1) is 0 Å². The molecular formula is C15H24N4O. The summed E-state index contributed by atoms with van der Waals surface area (Å²) in [5.74, 6) is 0.162. The number of hydrogen-bond donors (Lipinski definition) is 3. The molecule has 2 rings (SSSR count). The van der Waals surface area contributed by atoms with Crippen molar-refractivity contribution in [2.75, 3.05) is 19.6 Å². The maximum absolute atomic E-state index is 8.82. The molecule has 0 spiro atoms. The van der Waals surface area contributed by atoms with Crippen LogP contribution in [0.2, 0.25) is 0 Å². The highest BCUT2D eigenvalue weighted by Crippen LogP contribution is 2.10. The summed E-state index contributed by atoms with van der Waals surface area (Å²) in [5.41, 5.74) is 7.54. The number of amidine groups is 1. The van der Waals surface area contributed by atoms with Crippen LogP contribution < -0.4 is 11.1 Å². The van der Waals surface area contributed by atoms with Crippen LogP contribution in [0.4, 0.5) is 0 Å². The Morgan fingerprint density at radius 3 is 2.80 bits per heavy atom. The number of rotatable bonds is 6. The van der Waals surface area contributed by atoms with Crippen molar-refractivity contribution in [1.29, 1.82) is 0 Å². The van der Waals surface area contributed by atoms with Crippen LogP contribution >= 0.6 is 0 Å². The molecule has 1 heterocycles. The Morgan fingerprint density at radius 1 is 1.40 bits per heavy atom. The van der Waals surface area contributed by atoms with Crippen molar-refractivity contribution in [1.82, 2.24) is 10.2 Å². The van der Waals surface area contributed by atoms with Crippen molar-refractivity contribution in [2.24, 2.45) is 10.9 Å². The molecule has 1 aromatic rings. The second-order valence-electron chi connectivity index (χ2n) is 5.43. The SMILES string of the molecule is CC(CN1CCCC1)NCc1ccccc1C(N)=NO. The van der Waals surface area contributed by atoms with Gasteiger partial charge in [-0.15, -0.1) is 0 Å². The molecule has 0 amide bonds. The number of benzene rings is 1. The van der Waals surface area contributed by atoms with Gasteiger partial charge in [0.2, 0.25) is 0 Å². The molecule has 0 aromatic heterocycles. The van der Waals surface area contributed by atoms with Gasteiger partial charge in [0.25, 0.3) is 0 Å². The molecule has 1 saturated heterocycles. The monoisotopic (exact) mass is 276 g/mol. The highest BCUT2D eigenvalue weighted by molar-refractivity contribution is 5.98. The van der Waals surface area contributed by atoms with Crippen LogP contribution in [0.25, 0.3) is 0 Å². The van der Waals surface area contributed by atoms with Crippen molar-refractivity contribution < 1.29 is 5.21 Å². The summed E-state index contributed by atoms with van der Waals surface area (Å²) in [4.78, 5) is 2.49. The van der Waals surface area contributed by atoms with E-state index in [1.807, 2.05) is 24.3 Å². The lowest BCUT2D eigenvalue weighted by molar-refractivity contribution is 0.298. The third-order valence-corrected chi connectivity index (χ3v) is 3.77. The van der Waals surface area contributed by atoms with Crippen LogP contribution in [0.3, 0.4) is 0 Å². The zero-order valence-corrected chi connectivity index (χ0v) is 12.0. The van der Waals surface area contributed by atoms with Gasteiger partial charge in [-0.2, -0.15) is 0 Å². The molecule has 5 nitrogen and oxygen atoms in total. The predicted octanol–water partition coefficient (Wildman–Crippen LogP) is 1.35. The first-order chi connectivity index (χ1) is 9.70. The first kappa shape index (κ1) is 14.8. The minimum absolute atomic E-state index is 0.162. The average Bonchev–Trinajstić information content (AvgIpc) is 2.97. The second-order valence-corrected chi connectivity index (χ2v) is 5.43. The van der Waals surface area contributed by atoms with E-state index in [1.165, 1.54) is 25.9 Å². The maximum atomic E-state index is 8.82. The molecule has 0 aliphatic carbocycles. The lowest BCUT2D eigenvalue weighted by Gasteiger charge is -2.21. The third-order valence-electron chi connectivity index (χ3n) is 3.77. The summed E-state index contributed by atoms with van der Waals surface area (Å²) in [6, 6.07) is 8.16. The highest BCUT2D eigenvalue weighted by Gasteiger charge is 2.14. The number of likely N-dealkylation sites (tertiary alicyclic amines) is 1. The number of nitrogens with one attached hydrogen (secondary N) is 1. The van der Waals surface area contributed by atoms with Gasteiger partial charge in [-0.3, -0.25) is 0 Å². The maximum Gasteiger partial charge on any atom is 0.170 e. The van der Waals surface area contributed by atoms with E-state index in [2.05, 4.69) is 22.3 Å². The Morgan fingerprint density at radius 2 is 2.10 bits per heavy atom. The minimum atomic E-state index is 0.162. The largest absolute Gasteiger partial charge is 0.409 e. The molecule has 4 N–H and O–H groups in total. The zero-order valence-electron chi connectivity index (χ0n) is 12.0. The Balaban J connectivity index is 1.90. The van der Waals surface area contributed by atoms with Crippen LogP contribution in [0.15, 0.2) is 29.4 Å². The topological polar surface area (TPSA) is 73.9 Å². The van der Waals surface area contributed by atoms with Crippen molar-refractivity contribution in [3.8, 4) is 0 Å². The van der Waals surface area contributed by atoms with Crippen molar-refractivity contribution in [3.05, 3.63) is 35.4 Å². The van der Waals surface area contributed by atoms with Crippen molar-refractivity contribution in [3.63, 3.8) is 0 Å². The normalized spacial score (nSPS) is 18.4. The molecule has 0 bridgehead atoms. The van der Waals surface area contributed by atoms with Gasteiger partial charge < -0.3 is 21.2 Å². The Kier molecular flexibility index (Phi) is 5.38. The summed E-state index contributed by atoms with van der Waals surface area (Å²) < 4.78 is 0. The van der Waals surface area contributed by atoms with E-state index in [1.54, 1.807) is 0 Å². The summed E-state index contributed by atoms with van der Waals surface area (Å²) in [6.07, 6.45) is 2.64. The molecule has 110 valence electrons. The fourth-order valence-electron chi connectivity index (χ4n) is 2.68. The molecule has 0 radical (unpaired) electrons. The van der Waals surface area contributed by atoms with E-state index < -0.39 is 0 Å². The van der Waals surface area contributed by atoms with E-state index >= 15 is 0 Å². The predicted molar refractivity (Wildman–Crippen MR) is 80.9 cm³/mol. The van der Waals surface area contributed by atoms with Gasteiger partial charge in [0.15, 0.2) is 5.84 Å². The van der Waals surface area contributed by atoms with Gasteiger partial charge in [0.05, 0.1) is 0 Å². The number of nitrogens with zero attached hydrogens (tertiary/aromatic N) is 2. The van der Waals surface area contributed by atoms with Gasteiger partial charge in [-0.25, -0.2) is 0 Å². The van der Waals surface area contributed by atoms with Crippen LogP contribution in [0.5, 0.6) is 0 Å². The number of nitrogens with two attached hydrogens (primary N) is 1. The Labute approximate surface area is 120 Å². The fraction of sp³-hybridized carbons (Fsp3) is 0.533. The smallest absolute Gasteiger partial charge is 0.170 e. The fourth-order valence-corrected chi connectivity index (χ4v) is 2.68. The zero-order chi connectivity index (χ0) is 14.4. The Hall–Kier alpha value is -1.59. The van der Waals surface area contributed by atoms with Crippen LogP contribution in [-0.4, -0.2) is 41.6 Å². The molecule has 1 fully saturated rings. The van der Waals surface area contributed by atoms with E-state index in [4.69, 9.17) is 10.9 Å². The standard InChI is InChI=1S/C15H24N4O/c1-12(11-19-8-4-5-9-19)17-10-13-6-2-3-7-14(13)15(16)18-20/h2-3,6-7,12,17,20H,4-5,8-11H2,1H3,(H2,16,18). The number of oxime groups is 1. The lowest BCUT2D eigenvalue weighted by Crippen LogP contribution is -2.37. The van der Waals surface area contributed by atoms with Crippen molar-refractivity contribution in [2.45, 2.75) is 32.4 Å². The molecule has 1 unspecified atom stereocenters. The minimum Gasteiger partial charge on any atom is -0.409 e. The summed E-state index contributed by atoms with van der Waals surface area (Å²) >= 11 is 0. The molecule has 20 heavy (non-hydrogen) atoms. The van der Waals surface area contributed by atoms with E-state index in [0.717, 1.165) is 24.2 Å². The quantitative estimate of drug-likeness (QED) is 0.317. The molecule has 1 aromatic carbocycles. The molecule has 0 saturated carbocycles. The molecule has 1 aliphatic heterocycles. The molecular weight excluding hydrogens is 252 g/mol. The summed E-state index contributed by atoms with van der Waals surface area (Å²) in [6.45, 7) is 6.43. The van der Waals surface area contributed by atoms with Gasteiger partial charge >= 0.3 is 0 Å². The summed E-state index contributed by atoms with van der Waals surface area (Å²) in [7, 11) is 0. The second kappa shape index (κ2) is 7.26. The first-order valence-corrected chi connectivity index (χ1v) is 7.22. The lowest BCUT2D eigenvalue weighted by atomic mass is 10.1. The van der Waals surface area contributed by atoms with Gasteiger partial charge in [-0.05, 0) is 38.4 Å². The molecule has 1 atom stereocenters. The Bertz CT molecular complexity index is 455. The third kappa shape index (κ3) is 3.95. The number of hydrogen-bond acceptors (Lipinski definition) is 4. The molecule has 5 heteroatoms. The van der Waals surface area contributed by atoms with E-state index in [0.29, 0.717) is 6.04 Å². The van der Waals surface area contributed by atoms with Crippen LogP contribution in [-0.2, 0) is 6.54 Å². The van der Waals surface area contributed by atoms with E-state index in [-0.39, 0.29) is 5.84 Å². The molecule has 1 aliphatic rings. The van der Waals surface area contributed by atoms with Crippen LogP contribution in [0.1, 0.15) is 30.9 Å². The van der Waals surface area contributed by atoms with Gasteiger partial charge in [0.1, 0.15) is 0 Å². The van der Waals surface area contributed by atoms with Crippen molar-refractivity contribution >= 4 is 5.84 Å². The highest BCUT2D eigenvalue weighted by atomic mass is 16.4. The van der Waals surface area contributed by atoms with Gasteiger partial charge in [0, 0.05) is 24.7 Å². The average molecular weight is 276 g/mol. The first-order valence-electron chi connectivity index (χ1n) is 7.22. The summed E-state index contributed by atoms with van der Waals surface area (Å²) in [5, 5.41) is 15.4.